The molecular weight excluding hydrogens is 264 g/mol. The maximum absolute atomic E-state index is 11.6. The Morgan fingerprint density at radius 2 is 1.89 bits per heavy atom. The molecule has 2 fully saturated rings. The van der Waals surface area contributed by atoms with Gasteiger partial charge >= 0.3 is 0 Å². The quantitative estimate of drug-likeness (QED) is 0.862. The molecule has 2 rings (SSSR count). The van der Waals surface area contributed by atoms with Gasteiger partial charge in [-0.3, -0.25) is 0 Å². The molecular formula is C14H26O4S. The Balaban J connectivity index is 2.04. The first kappa shape index (κ1) is 15.3. The average Bonchev–Trinajstić information content (AvgIpc) is 2.37. The maximum atomic E-state index is 11.6. The molecule has 0 amide bonds. The van der Waals surface area contributed by atoms with Gasteiger partial charge in [0.25, 0.3) is 0 Å². The lowest BCUT2D eigenvalue weighted by Gasteiger charge is -2.45. The molecule has 0 radical (unpaired) electrons. The van der Waals surface area contributed by atoms with E-state index in [1.165, 1.54) is 25.5 Å². The van der Waals surface area contributed by atoms with E-state index in [0.29, 0.717) is 6.61 Å². The molecule has 0 aromatic heterocycles. The molecule has 3 atom stereocenters. The average molecular weight is 290 g/mol. The minimum atomic E-state index is -3.18. The Labute approximate surface area is 116 Å². The molecule has 1 N–H and O–H groups in total. The second-order valence-corrected chi connectivity index (χ2v) is 8.77. The number of hydrogen-bond donors (Lipinski definition) is 1. The lowest BCUT2D eigenvalue weighted by atomic mass is 9.74. The molecule has 5 heteroatoms. The van der Waals surface area contributed by atoms with Crippen LogP contribution >= 0.6 is 0 Å². The Morgan fingerprint density at radius 1 is 1.26 bits per heavy atom. The number of sulfone groups is 1. The first-order valence-corrected chi connectivity index (χ1v) is 9.30. The fourth-order valence-electron chi connectivity index (χ4n) is 3.54. The summed E-state index contributed by atoms with van der Waals surface area (Å²) < 4.78 is 29.2. The van der Waals surface area contributed by atoms with E-state index < -0.39 is 21.2 Å². The second kappa shape index (κ2) is 5.70. The lowest BCUT2D eigenvalue weighted by molar-refractivity contribution is -0.133. The van der Waals surface area contributed by atoms with E-state index in [-0.39, 0.29) is 11.5 Å². The summed E-state index contributed by atoms with van der Waals surface area (Å²) in [7, 11) is -3.18. The molecule has 0 aromatic carbocycles. The molecule has 2 aliphatic rings. The van der Waals surface area contributed by atoms with Gasteiger partial charge < -0.3 is 9.84 Å². The lowest BCUT2D eigenvalue weighted by Crippen LogP contribution is -2.47. The Hall–Kier alpha value is -0.130. The molecule has 3 unspecified atom stereocenters. The van der Waals surface area contributed by atoms with E-state index in [0.717, 1.165) is 25.7 Å². The van der Waals surface area contributed by atoms with Crippen LogP contribution in [0.25, 0.3) is 0 Å². The van der Waals surface area contributed by atoms with Crippen molar-refractivity contribution in [1.29, 1.82) is 0 Å². The molecule has 19 heavy (non-hydrogen) atoms. The highest BCUT2D eigenvalue weighted by Gasteiger charge is 2.42. The molecule has 1 heterocycles. The number of aliphatic hydroxyl groups excluding tert-OH is 1. The molecule has 1 aliphatic carbocycles. The molecule has 1 aliphatic heterocycles. The first-order valence-electron chi connectivity index (χ1n) is 7.35. The summed E-state index contributed by atoms with van der Waals surface area (Å²) in [5, 5.41) is 9.67. The van der Waals surface area contributed by atoms with Gasteiger partial charge in [0.2, 0.25) is 0 Å². The minimum absolute atomic E-state index is 0.0524. The summed E-state index contributed by atoms with van der Waals surface area (Å²) in [6.45, 7) is 2.27. The van der Waals surface area contributed by atoms with Crippen molar-refractivity contribution in [1.82, 2.24) is 0 Å². The summed E-state index contributed by atoms with van der Waals surface area (Å²) >= 11 is 0. The molecule has 1 saturated heterocycles. The van der Waals surface area contributed by atoms with E-state index in [4.69, 9.17) is 4.74 Å². The third kappa shape index (κ3) is 3.50. The molecule has 0 bridgehead atoms. The second-order valence-electron chi connectivity index (χ2n) is 6.37. The zero-order chi connectivity index (χ0) is 14.1. The van der Waals surface area contributed by atoms with Gasteiger partial charge in [-0.1, -0.05) is 19.3 Å². The van der Waals surface area contributed by atoms with Crippen LogP contribution in [0.5, 0.6) is 0 Å². The summed E-state index contributed by atoms with van der Waals surface area (Å²) in [6.07, 6.45) is 7.77. The van der Waals surface area contributed by atoms with Crippen LogP contribution in [-0.4, -0.2) is 43.3 Å². The van der Waals surface area contributed by atoms with E-state index in [1.54, 1.807) is 6.92 Å². The van der Waals surface area contributed by atoms with Crippen molar-refractivity contribution in [2.75, 3.05) is 12.9 Å². The van der Waals surface area contributed by atoms with Crippen LogP contribution in [0, 0.1) is 5.92 Å². The summed E-state index contributed by atoms with van der Waals surface area (Å²) in [4.78, 5) is 0. The van der Waals surface area contributed by atoms with E-state index in [9.17, 15) is 13.5 Å². The predicted molar refractivity (Wildman–Crippen MR) is 74.8 cm³/mol. The molecule has 1 saturated carbocycles. The fourth-order valence-corrected chi connectivity index (χ4v) is 4.27. The maximum Gasteiger partial charge on any atom is 0.152 e. The Bertz CT molecular complexity index is 392. The summed E-state index contributed by atoms with van der Waals surface area (Å²) in [6, 6.07) is 0. The van der Waals surface area contributed by atoms with Gasteiger partial charge in [0.15, 0.2) is 9.84 Å². The van der Waals surface area contributed by atoms with E-state index >= 15 is 0 Å². The van der Waals surface area contributed by atoms with Crippen molar-refractivity contribution in [2.45, 2.75) is 68.8 Å². The largest absolute Gasteiger partial charge is 0.391 e. The summed E-state index contributed by atoms with van der Waals surface area (Å²) in [5.41, 5.74) is -0.0840. The van der Waals surface area contributed by atoms with Crippen LogP contribution < -0.4 is 0 Å². The highest BCUT2D eigenvalue weighted by molar-refractivity contribution is 7.91. The SMILES string of the molecule is CC(C(O)C1CCOC2(CCCCC2)C1)S(C)(=O)=O. The third-order valence-corrected chi connectivity index (χ3v) is 6.56. The number of ether oxygens (including phenoxy) is 1. The fraction of sp³-hybridized carbons (Fsp3) is 1.00. The number of hydrogen-bond acceptors (Lipinski definition) is 4. The Morgan fingerprint density at radius 3 is 2.47 bits per heavy atom. The number of aliphatic hydroxyl groups is 1. The summed E-state index contributed by atoms with van der Waals surface area (Å²) in [5.74, 6) is 0.0524. The van der Waals surface area contributed by atoms with Crippen LogP contribution in [0.2, 0.25) is 0 Å². The zero-order valence-corrected chi connectivity index (χ0v) is 12.8. The van der Waals surface area contributed by atoms with Gasteiger partial charge in [0, 0.05) is 12.9 Å². The van der Waals surface area contributed by atoms with Gasteiger partial charge in [0.1, 0.15) is 0 Å². The minimum Gasteiger partial charge on any atom is -0.391 e. The van der Waals surface area contributed by atoms with Crippen LogP contribution in [0.15, 0.2) is 0 Å². The monoisotopic (exact) mass is 290 g/mol. The van der Waals surface area contributed by atoms with Crippen molar-refractivity contribution in [3.63, 3.8) is 0 Å². The normalized spacial score (nSPS) is 31.0. The van der Waals surface area contributed by atoms with Gasteiger partial charge in [0.05, 0.1) is 17.0 Å². The van der Waals surface area contributed by atoms with E-state index in [1.807, 2.05) is 0 Å². The highest BCUT2D eigenvalue weighted by Crippen LogP contribution is 2.42. The first-order chi connectivity index (χ1) is 8.84. The van der Waals surface area contributed by atoms with Crippen molar-refractivity contribution in [3.8, 4) is 0 Å². The van der Waals surface area contributed by atoms with E-state index in [2.05, 4.69) is 0 Å². The molecule has 1 spiro atoms. The Kier molecular flexibility index (Phi) is 4.58. The smallest absolute Gasteiger partial charge is 0.152 e. The van der Waals surface area contributed by atoms with Crippen molar-refractivity contribution >= 4 is 9.84 Å². The highest BCUT2D eigenvalue weighted by atomic mass is 32.2. The van der Waals surface area contributed by atoms with Gasteiger partial charge in [-0.05, 0) is 38.5 Å². The standard InChI is InChI=1S/C14H26O4S/c1-11(19(2,16)17)13(15)12-6-9-18-14(10-12)7-4-3-5-8-14/h11-13,15H,3-10H2,1-2H3. The number of rotatable bonds is 3. The zero-order valence-electron chi connectivity index (χ0n) is 12.0. The third-order valence-electron chi connectivity index (χ3n) is 4.94. The molecule has 112 valence electrons. The van der Waals surface area contributed by atoms with Gasteiger partial charge in [-0.25, -0.2) is 8.42 Å². The molecule has 4 nitrogen and oxygen atoms in total. The molecule has 0 aromatic rings. The van der Waals surface area contributed by atoms with Crippen LogP contribution in [-0.2, 0) is 14.6 Å². The topological polar surface area (TPSA) is 63.6 Å². The van der Waals surface area contributed by atoms with Gasteiger partial charge in [-0.2, -0.15) is 0 Å². The van der Waals surface area contributed by atoms with Crippen LogP contribution in [0.3, 0.4) is 0 Å². The predicted octanol–water partition coefficient (Wildman–Crippen LogP) is 1.91. The van der Waals surface area contributed by atoms with Crippen LogP contribution in [0.1, 0.15) is 51.9 Å². The van der Waals surface area contributed by atoms with Crippen LogP contribution in [0.4, 0.5) is 0 Å². The van der Waals surface area contributed by atoms with Crippen molar-refractivity contribution < 1.29 is 18.3 Å². The van der Waals surface area contributed by atoms with Crippen molar-refractivity contribution in [3.05, 3.63) is 0 Å². The van der Waals surface area contributed by atoms with Gasteiger partial charge in [-0.15, -0.1) is 0 Å². The van der Waals surface area contributed by atoms with Crippen molar-refractivity contribution in [2.24, 2.45) is 5.92 Å².